The van der Waals surface area contributed by atoms with E-state index in [0.717, 1.165) is 116 Å². The van der Waals surface area contributed by atoms with Crippen LogP contribution in [0.15, 0.2) is 122 Å². The Kier molecular flexibility index (Phi) is 49.1. The quantitative estimate of drug-likeness (QED) is 0.0199. The van der Waals surface area contributed by atoms with Crippen molar-refractivity contribution in [1.29, 1.82) is 0 Å². The number of hydrogen-bond donors (Lipinski definition) is 0. The fraction of sp³-hybridized carbons (Fsp3) is 0.610. The molecular weight excluding hydrogens is 805 g/mol. The van der Waals surface area contributed by atoms with Crippen molar-refractivity contribution in [2.24, 2.45) is 0 Å². The summed E-state index contributed by atoms with van der Waals surface area (Å²) in [4.78, 5) is 37.9. The van der Waals surface area contributed by atoms with E-state index in [1.807, 2.05) is 0 Å². The highest BCUT2D eigenvalue weighted by atomic mass is 16.6. The summed E-state index contributed by atoms with van der Waals surface area (Å²) >= 11 is 0. The number of carbonyl (C=O) groups is 3. The predicted molar refractivity (Wildman–Crippen MR) is 279 cm³/mol. The molecule has 0 aliphatic carbocycles. The zero-order chi connectivity index (χ0) is 47.2. The molecule has 0 spiro atoms. The Morgan fingerprint density at radius 3 is 1.14 bits per heavy atom. The van der Waals surface area contributed by atoms with Gasteiger partial charge in [0.1, 0.15) is 13.2 Å². The molecule has 0 rings (SSSR count). The van der Waals surface area contributed by atoms with Gasteiger partial charge in [-0.15, -0.1) is 0 Å². The van der Waals surface area contributed by atoms with E-state index in [2.05, 4.69) is 142 Å². The van der Waals surface area contributed by atoms with E-state index in [1.54, 1.807) is 0 Å². The molecule has 1 unspecified atom stereocenters. The van der Waals surface area contributed by atoms with Gasteiger partial charge in [0.25, 0.3) is 0 Å². The van der Waals surface area contributed by atoms with Crippen molar-refractivity contribution in [1.82, 2.24) is 0 Å². The van der Waals surface area contributed by atoms with Gasteiger partial charge >= 0.3 is 17.9 Å². The SMILES string of the molecule is CC/C=C\C/C=C\C/C=C\C/C=C\CCCCCCCCC(=O)OCC(COC(=O)CCCCC/C=C\C=C/CCCC)OC(=O)CCC/C=C\C/C=C\C/C=C\C/C=C\CCCCC. The van der Waals surface area contributed by atoms with Gasteiger partial charge < -0.3 is 14.2 Å². The summed E-state index contributed by atoms with van der Waals surface area (Å²) in [7, 11) is 0. The number of allylic oxidation sites excluding steroid dienone is 20. The van der Waals surface area contributed by atoms with Crippen LogP contribution in [0, 0.1) is 0 Å². The molecule has 366 valence electrons. The summed E-state index contributed by atoms with van der Waals surface area (Å²) < 4.78 is 16.7. The first-order chi connectivity index (χ1) is 32.0. The van der Waals surface area contributed by atoms with Crippen LogP contribution in [0.3, 0.4) is 0 Å². The second kappa shape index (κ2) is 52.4. The molecule has 6 heteroatoms. The van der Waals surface area contributed by atoms with Crippen LogP contribution in [0.2, 0.25) is 0 Å². The average Bonchev–Trinajstić information content (AvgIpc) is 3.30. The first-order valence-electron chi connectivity index (χ1n) is 26.1. The van der Waals surface area contributed by atoms with Crippen molar-refractivity contribution in [2.45, 2.75) is 219 Å². The van der Waals surface area contributed by atoms with E-state index >= 15 is 0 Å². The first-order valence-corrected chi connectivity index (χ1v) is 26.1. The molecule has 0 saturated heterocycles. The topological polar surface area (TPSA) is 78.9 Å². The maximum absolute atomic E-state index is 12.8. The smallest absolute Gasteiger partial charge is 0.306 e. The summed E-state index contributed by atoms with van der Waals surface area (Å²) in [5.41, 5.74) is 0. The zero-order valence-electron chi connectivity index (χ0n) is 41.7. The van der Waals surface area contributed by atoms with E-state index in [0.29, 0.717) is 19.3 Å². The van der Waals surface area contributed by atoms with Gasteiger partial charge in [-0.1, -0.05) is 200 Å². The molecule has 0 heterocycles. The lowest BCUT2D eigenvalue weighted by atomic mass is 10.1. The van der Waals surface area contributed by atoms with Crippen LogP contribution in [-0.2, 0) is 28.6 Å². The largest absolute Gasteiger partial charge is 0.462 e. The molecule has 0 radical (unpaired) electrons. The molecular formula is C59H94O6. The summed E-state index contributed by atoms with van der Waals surface area (Å²) in [5, 5.41) is 0. The molecule has 65 heavy (non-hydrogen) atoms. The highest BCUT2D eigenvalue weighted by Gasteiger charge is 2.19. The third kappa shape index (κ3) is 50.7. The molecule has 0 aliphatic rings. The Morgan fingerprint density at radius 1 is 0.338 bits per heavy atom. The number of esters is 3. The molecule has 0 aliphatic heterocycles. The van der Waals surface area contributed by atoms with E-state index in [-0.39, 0.29) is 37.5 Å². The Labute approximate surface area is 399 Å². The highest BCUT2D eigenvalue weighted by Crippen LogP contribution is 2.12. The van der Waals surface area contributed by atoms with Crippen molar-refractivity contribution in [2.75, 3.05) is 13.2 Å². The lowest BCUT2D eigenvalue weighted by Gasteiger charge is -2.18. The summed E-state index contributed by atoms with van der Waals surface area (Å²) in [6.45, 7) is 6.34. The maximum atomic E-state index is 12.8. The predicted octanol–water partition coefficient (Wildman–Crippen LogP) is 17.3. The molecule has 0 aromatic carbocycles. The van der Waals surface area contributed by atoms with Crippen molar-refractivity contribution in [3.8, 4) is 0 Å². The molecule has 0 aromatic rings. The normalized spacial score (nSPS) is 13.1. The Bertz CT molecular complexity index is 1400. The highest BCUT2D eigenvalue weighted by molar-refractivity contribution is 5.71. The van der Waals surface area contributed by atoms with Crippen molar-refractivity contribution in [3.05, 3.63) is 122 Å². The van der Waals surface area contributed by atoms with Crippen LogP contribution in [0.5, 0.6) is 0 Å². The van der Waals surface area contributed by atoms with E-state index in [1.165, 1.54) is 51.4 Å². The summed E-state index contributed by atoms with van der Waals surface area (Å²) in [6.07, 6.45) is 71.9. The van der Waals surface area contributed by atoms with Crippen LogP contribution in [0.25, 0.3) is 0 Å². The standard InChI is InChI=1S/C59H94O6/c1-4-7-10-13-16-19-22-24-26-28-29-31-32-34-37-40-43-46-49-52-58(61)64-55-56(54-63-57(60)51-48-45-42-39-36-21-18-15-12-9-6-3)65-59(62)53-50-47-44-41-38-35-33-30-27-25-23-20-17-14-11-8-5-2/h7,10,15-21,24-27,29,31,33,35-36,41,44,56H,4-6,8-9,11-14,22-23,28,30,32,34,37-40,42-43,45-55H2,1-3H3/b10-7-,18-15-,19-16-,20-17-,26-24-,27-25-,31-29-,35-33-,36-21-,44-41-. The number of rotatable bonds is 45. The van der Waals surface area contributed by atoms with Gasteiger partial charge in [-0.2, -0.15) is 0 Å². The zero-order valence-corrected chi connectivity index (χ0v) is 41.7. The van der Waals surface area contributed by atoms with Crippen LogP contribution in [-0.4, -0.2) is 37.2 Å². The molecule has 0 fully saturated rings. The molecule has 0 saturated carbocycles. The number of ether oxygens (including phenoxy) is 3. The Morgan fingerprint density at radius 2 is 0.677 bits per heavy atom. The van der Waals surface area contributed by atoms with Gasteiger partial charge in [-0.25, -0.2) is 0 Å². The number of unbranched alkanes of at least 4 members (excludes halogenated alkanes) is 15. The molecule has 0 bridgehead atoms. The molecule has 0 N–H and O–H groups in total. The summed E-state index contributed by atoms with van der Waals surface area (Å²) in [5.74, 6) is -1.03. The van der Waals surface area contributed by atoms with E-state index < -0.39 is 6.10 Å². The van der Waals surface area contributed by atoms with Gasteiger partial charge in [0.2, 0.25) is 0 Å². The van der Waals surface area contributed by atoms with Crippen LogP contribution in [0.4, 0.5) is 0 Å². The average molecular weight is 899 g/mol. The number of carbonyl (C=O) groups excluding carboxylic acids is 3. The second-order valence-corrected chi connectivity index (χ2v) is 16.7. The van der Waals surface area contributed by atoms with Crippen LogP contribution in [0.1, 0.15) is 213 Å². The molecule has 0 amide bonds. The van der Waals surface area contributed by atoms with Gasteiger partial charge in [-0.05, 0) is 116 Å². The monoisotopic (exact) mass is 899 g/mol. The van der Waals surface area contributed by atoms with Gasteiger partial charge in [0.05, 0.1) is 0 Å². The maximum Gasteiger partial charge on any atom is 0.306 e. The third-order valence-corrected chi connectivity index (χ3v) is 10.4. The fourth-order valence-electron chi connectivity index (χ4n) is 6.52. The van der Waals surface area contributed by atoms with Gasteiger partial charge in [0, 0.05) is 19.3 Å². The van der Waals surface area contributed by atoms with E-state index in [4.69, 9.17) is 14.2 Å². The minimum absolute atomic E-state index is 0.119. The lowest BCUT2D eigenvalue weighted by Crippen LogP contribution is -2.30. The van der Waals surface area contributed by atoms with Crippen molar-refractivity contribution >= 4 is 17.9 Å². The van der Waals surface area contributed by atoms with Gasteiger partial charge in [-0.3, -0.25) is 14.4 Å². The van der Waals surface area contributed by atoms with E-state index in [9.17, 15) is 14.4 Å². The Balaban J connectivity index is 4.52. The number of hydrogen-bond acceptors (Lipinski definition) is 6. The second-order valence-electron chi connectivity index (χ2n) is 16.7. The molecule has 0 aromatic heterocycles. The molecule has 6 nitrogen and oxygen atoms in total. The van der Waals surface area contributed by atoms with Crippen molar-refractivity contribution in [3.63, 3.8) is 0 Å². The van der Waals surface area contributed by atoms with Crippen molar-refractivity contribution < 1.29 is 28.6 Å². The molecule has 1 atom stereocenters. The third-order valence-electron chi connectivity index (χ3n) is 10.4. The summed E-state index contributed by atoms with van der Waals surface area (Å²) in [6, 6.07) is 0. The van der Waals surface area contributed by atoms with Gasteiger partial charge in [0.15, 0.2) is 6.10 Å². The lowest BCUT2D eigenvalue weighted by molar-refractivity contribution is -0.167. The first kappa shape index (κ1) is 60.8. The fourth-order valence-corrected chi connectivity index (χ4v) is 6.52. The van der Waals surface area contributed by atoms with Crippen LogP contribution >= 0.6 is 0 Å². The van der Waals surface area contributed by atoms with Crippen LogP contribution < -0.4 is 0 Å². The minimum atomic E-state index is -0.826. The minimum Gasteiger partial charge on any atom is -0.462 e. The Hall–Kier alpha value is -4.19.